The van der Waals surface area contributed by atoms with Crippen LogP contribution in [-0.2, 0) is 4.79 Å². The Labute approximate surface area is 78.9 Å². The molecule has 2 atom stereocenters. The number of rotatable bonds is 4. The minimum Gasteiger partial charge on any atom is -0.390 e. The van der Waals surface area contributed by atoms with Crippen molar-refractivity contribution in [2.24, 2.45) is 5.92 Å². The van der Waals surface area contributed by atoms with Gasteiger partial charge in [0.2, 0.25) is 5.91 Å². The number of nitrogens with zero attached hydrogens (tertiary/aromatic N) is 1. The van der Waals surface area contributed by atoms with Crippen LogP contribution in [0.15, 0.2) is 0 Å². The molecule has 1 aliphatic heterocycles. The summed E-state index contributed by atoms with van der Waals surface area (Å²) in [5, 5.41) is 12.3. The van der Waals surface area contributed by atoms with Crippen molar-refractivity contribution in [3.8, 4) is 0 Å². The van der Waals surface area contributed by atoms with Gasteiger partial charge in [0.1, 0.15) is 0 Å². The molecule has 0 aromatic heterocycles. The second-order valence-corrected chi connectivity index (χ2v) is 3.82. The summed E-state index contributed by atoms with van der Waals surface area (Å²) in [6, 6.07) is 0. The Morgan fingerprint density at radius 1 is 1.77 bits per heavy atom. The molecule has 1 aliphatic rings. The van der Waals surface area contributed by atoms with E-state index in [9.17, 15) is 9.90 Å². The number of aliphatic hydroxyl groups excluding tert-OH is 1. The minimum atomic E-state index is -0.445. The molecule has 0 aliphatic carbocycles. The van der Waals surface area contributed by atoms with Gasteiger partial charge in [-0.05, 0) is 13.0 Å². The van der Waals surface area contributed by atoms with E-state index in [0.717, 1.165) is 6.54 Å². The first kappa shape index (κ1) is 10.5. The topological polar surface area (TPSA) is 52.6 Å². The molecule has 0 aromatic rings. The van der Waals surface area contributed by atoms with Crippen molar-refractivity contribution in [1.82, 2.24) is 10.2 Å². The number of aliphatic hydroxyl groups is 1. The maximum Gasteiger partial charge on any atom is 0.223 e. The lowest BCUT2D eigenvalue weighted by atomic mass is 10.2. The number of likely N-dealkylation sites (tertiary alicyclic amines) is 1. The van der Waals surface area contributed by atoms with E-state index in [2.05, 4.69) is 12.2 Å². The van der Waals surface area contributed by atoms with Crippen LogP contribution in [-0.4, -0.2) is 48.7 Å². The smallest absolute Gasteiger partial charge is 0.223 e. The second-order valence-electron chi connectivity index (χ2n) is 3.82. The predicted molar refractivity (Wildman–Crippen MR) is 50.3 cm³/mol. The lowest BCUT2D eigenvalue weighted by Crippen LogP contribution is -2.38. The average molecular weight is 186 g/mol. The van der Waals surface area contributed by atoms with E-state index >= 15 is 0 Å². The summed E-state index contributed by atoms with van der Waals surface area (Å²) in [5.41, 5.74) is 0. The Balaban J connectivity index is 2.32. The molecule has 1 amide bonds. The third-order valence-corrected chi connectivity index (χ3v) is 2.28. The van der Waals surface area contributed by atoms with Gasteiger partial charge in [0.15, 0.2) is 0 Å². The molecular weight excluding hydrogens is 168 g/mol. The predicted octanol–water partition coefficient (Wildman–Crippen LogP) is -0.565. The standard InChI is InChI=1S/C9H18N2O2/c1-7-3-9(13)11(5-7)6-8(12)4-10-2/h7-8,10,12H,3-6H2,1-2H3. The van der Waals surface area contributed by atoms with Crippen LogP contribution in [0, 0.1) is 5.92 Å². The molecule has 0 saturated carbocycles. The number of nitrogens with one attached hydrogen (secondary N) is 1. The van der Waals surface area contributed by atoms with Crippen LogP contribution in [0.4, 0.5) is 0 Å². The highest BCUT2D eigenvalue weighted by Crippen LogP contribution is 2.16. The molecule has 1 rings (SSSR count). The number of likely N-dealkylation sites (N-methyl/N-ethyl adjacent to an activating group) is 1. The molecule has 1 heterocycles. The van der Waals surface area contributed by atoms with Crippen molar-refractivity contribution >= 4 is 5.91 Å². The molecule has 4 heteroatoms. The summed E-state index contributed by atoms with van der Waals surface area (Å²) in [6.07, 6.45) is 0.186. The van der Waals surface area contributed by atoms with Gasteiger partial charge in [0.25, 0.3) is 0 Å². The molecule has 2 N–H and O–H groups in total. The van der Waals surface area contributed by atoms with Gasteiger partial charge < -0.3 is 15.3 Å². The second kappa shape index (κ2) is 4.58. The summed E-state index contributed by atoms with van der Waals surface area (Å²) in [7, 11) is 1.79. The molecular formula is C9H18N2O2. The van der Waals surface area contributed by atoms with Crippen molar-refractivity contribution < 1.29 is 9.90 Å². The van der Waals surface area contributed by atoms with E-state index in [1.165, 1.54) is 0 Å². The minimum absolute atomic E-state index is 0.169. The van der Waals surface area contributed by atoms with Crippen LogP contribution in [0.2, 0.25) is 0 Å². The van der Waals surface area contributed by atoms with Crippen molar-refractivity contribution in [3.63, 3.8) is 0 Å². The van der Waals surface area contributed by atoms with E-state index < -0.39 is 6.10 Å². The zero-order valence-corrected chi connectivity index (χ0v) is 8.29. The molecule has 0 spiro atoms. The highest BCUT2D eigenvalue weighted by molar-refractivity contribution is 5.78. The number of β-amino-alcohol motifs (C(OH)–C–C–N with tert-alkyl or cyclic N) is 1. The number of carbonyl (C=O) groups is 1. The quantitative estimate of drug-likeness (QED) is 0.618. The van der Waals surface area contributed by atoms with Gasteiger partial charge in [-0.2, -0.15) is 0 Å². The van der Waals surface area contributed by atoms with Crippen LogP contribution in [0.5, 0.6) is 0 Å². The Morgan fingerprint density at radius 2 is 2.46 bits per heavy atom. The van der Waals surface area contributed by atoms with E-state index in [1.807, 2.05) is 0 Å². The van der Waals surface area contributed by atoms with E-state index in [0.29, 0.717) is 25.4 Å². The summed E-state index contributed by atoms with van der Waals surface area (Å²) in [6.45, 7) is 3.85. The van der Waals surface area contributed by atoms with Gasteiger partial charge in [-0.15, -0.1) is 0 Å². The molecule has 0 bridgehead atoms. The van der Waals surface area contributed by atoms with Crippen LogP contribution in [0.1, 0.15) is 13.3 Å². The monoisotopic (exact) mass is 186 g/mol. The Bertz CT molecular complexity index is 184. The fourth-order valence-corrected chi connectivity index (χ4v) is 1.70. The van der Waals surface area contributed by atoms with Crippen molar-refractivity contribution in [3.05, 3.63) is 0 Å². The van der Waals surface area contributed by atoms with Crippen molar-refractivity contribution in [2.75, 3.05) is 26.7 Å². The molecule has 76 valence electrons. The SMILES string of the molecule is CNCC(O)CN1CC(C)CC1=O. The molecule has 0 aromatic carbocycles. The third kappa shape index (κ3) is 2.97. The van der Waals surface area contributed by atoms with Gasteiger partial charge in [-0.3, -0.25) is 4.79 Å². The zero-order valence-electron chi connectivity index (χ0n) is 8.29. The summed E-state index contributed by atoms with van der Waals surface area (Å²) in [5.74, 6) is 0.608. The molecule has 4 nitrogen and oxygen atoms in total. The fraction of sp³-hybridized carbons (Fsp3) is 0.889. The first-order chi connectivity index (χ1) is 6.13. The van der Waals surface area contributed by atoms with Crippen molar-refractivity contribution in [2.45, 2.75) is 19.4 Å². The normalized spacial score (nSPS) is 25.3. The van der Waals surface area contributed by atoms with Gasteiger partial charge >= 0.3 is 0 Å². The Hall–Kier alpha value is -0.610. The number of carbonyl (C=O) groups excluding carboxylic acids is 1. The molecule has 1 fully saturated rings. The van der Waals surface area contributed by atoms with Gasteiger partial charge in [0.05, 0.1) is 6.10 Å². The van der Waals surface area contributed by atoms with Crippen LogP contribution < -0.4 is 5.32 Å². The lowest BCUT2D eigenvalue weighted by Gasteiger charge is -2.19. The van der Waals surface area contributed by atoms with Gasteiger partial charge in [-0.1, -0.05) is 6.92 Å². The largest absolute Gasteiger partial charge is 0.390 e. The summed E-state index contributed by atoms with van der Waals surface area (Å²) in [4.78, 5) is 13.1. The van der Waals surface area contributed by atoms with E-state index in [4.69, 9.17) is 0 Å². The third-order valence-electron chi connectivity index (χ3n) is 2.28. The number of hydrogen-bond donors (Lipinski definition) is 2. The number of hydrogen-bond acceptors (Lipinski definition) is 3. The fourth-order valence-electron chi connectivity index (χ4n) is 1.70. The average Bonchev–Trinajstić information content (AvgIpc) is 2.30. The van der Waals surface area contributed by atoms with Gasteiger partial charge in [-0.25, -0.2) is 0 Å². The Kier molecular flexibility index (Phi) is 3.69. The maximum atomic E-state index is 11.3. The van der Waals surface area contributed by atoms with Crippen LogP contribution >= 0.6 is 0 Å². The molecule has 0 radical (unpaired) electrons. The summed E-state index contributed by atoms with van der Waals surface area (Å²) < 4.78 is 0. The molecule has 2 unspecified atom stereocenters. The Morgan fingerprint density at radius 3 is 2.92 bits per heavy atom. The number of amides is 1. The maximum absolute atomic E-state index is 11.3. The van der Waals surface area contributed by atoms with E-state index in [1.54, 1.807) is 11.9 Å². The van der Waals surface area contributed by atoms with Crippen molar-refractivity contribution in [1.29, 1.82) is 0 Å². The zero-order chi connectivity index (χ0) is 9.84. The highest BCUT2D eigenvalue weighted by atomic mass is 16.3. The van der Waals surface area contributed by atoms with E-state index in [-0.39, 0.29) is 5.91 Å². The highest BCUT2D eigenvalue weighted by Gasteiger charge is 2.27. The van der Waals surface area contributed by atoms with Gasteiger partial charge in [0, 0.05) is 26.1 Å². The molecule has 13 heavy (non-hydrogen) atoms. The summed E-state index contributed by atoms with van der Waals surface area (Å²) >= 11 is 0. The van der Waals surface area contributed by atoms with Crippen LogP contribution in [0.3, 0.4) is 0 Å². The molecule has 1 saturated heterocycles. The van der Waals surface area contributed by atoms with Crippen LogP contribution in [0.25, 0.3) is 0 Å². The first-order valence-corrected chi connectivity index (χ1v) is 4.74. The first-order valence-electron chi connectivity index (χ1n) is 4.74. The lowest BCUT2D eigenvalue weighted by molar-refractivity contribution is -0.128.